The molecule has 0 fully saturated rings. The molecule has 5 aromatic carbocycles. The predicted molar refractivity (Wildman–Crippen MR) is 142 cm³/mol. The maximum absolute atomic E-state index is 13.3. The molecule has 2 radical (unpaired) electrons. The van der Waals surface area contributed by atoms with Crippen molar-refractivity contribution in [3.05, 3.63) is 114 Å². The second kappa shape index (κ2) is 12.0. The van der Waals surface area contributed by atoms with Crippen molar-refractivity contribution in [3.8, 4) is 22.3 Å². The molecule has 0 saturated heterocycles. The minimum Gasteiger partial charge on any atom is -0.184 e. The molecule has 0 aliphatic carbocycles. The normalized spacial score (nSPS) is 11.4. The van der Waals surface area contributed by atoms with E-state index in [1.165, 1.54) is 33.6 Å². The van der Waals surface area contributed by atoms with E-state index < -0.39 is 32.6 Å². The van der Waals surface area contributed by atoms with Gasteiger partial charge in [0.05, 0.1) is 9.52 Å². The number of halogens is 5. The van der Waals surface area contributed by atoms with Gasteiger partial charge in [0.1, 0.15) is 0 Å². The monoisotopic (exact) mass is 612 g/mol. The molecule has 1 aliphatic rings. The van der Waals surface area contributed by atoms with Crippen LogP contribution in [0, 0.1) is 13.0 Å². The molecule has 0 spiro atoms. The summed E-state index contributed by atoms with van der Waals surface area (Å²) in [7, 11) is 10.7. The van der Waals surface area contributed by atoms with Gasteiger partial charge in [0.2, 0.25) is 0 Å². The summed E-state index contributed by atoms with van der Waals surface area (Å²) in [6, 6.07) is 33.3. The van der Waals surface area contributed by atoms with Crippen LogP contribution in [0.3, 0.4) is 0 Å². The predicted octanol–water partition coefficient (Wildman–Crippen LogP) is 8.05. The van der Waals surface area contributed by atoms with Crippen LogP contribution in [0.15, 0.2) is 97.1 Å². The van der Waals surface area contributed by atoms with Gasteiger partial charge in [0, 0.05) is 5.56 Å². The van der Waals surface area contributed by atoms with Crippen LogP contribution in [0.5, 0.6) is 0 Å². The Bertz CT molecular complexity index is 1420. The van der Waals surface area contributed by atoms with Crippen LogP contribution in [-0.4, -0.2) is 9.52 Å². The number of fused-ring (bicyclic) bond motifs is 4. The maximum atomic E-state index is 13.3. The van der Waals surface area contributed by atoms with Crippen LogP contribution >= 0.6 is 17.0 Å². The smallest absolute Gasteiger partial charge is 0.0920 e. The first kappa shape index (κ1) is 27.0. The Morgan fingerprint density at radius 1 is 0.861 bits per heavy atom. The zero-order chi connectivity index (χ0) is 25.7. The molecule has 7 heteroatoms. The van der Waals surface area contributed by atoms with Gasteiger partial charge in [-0.3, -0.25) is 0 Å². The third-order valence-electron chi connectivity index (χ3n) is 5.74. The second-order valence-corrected chi connectivity index (χ2v) is 13.1. The van der Waals surface area contributed by atoms with E-state index in [-0.39, 0.29) is 5.56 Å². The van der Waals surface area contributed by atoms with Crippen LogP contribution in [0.2, 0.25) is 0 Å². The molecule has 0 nitrogen and oxygen atoms in total. The zero-order valence-corrected chi connectivity index (χ0v) is 24.1. The molecule has 0 bridgehead atoms. The number of benzene rings is 4. The Balaban J connectivity index is 0.000000163. The third-order valence-corrected chi connectivity index (χ3v) is 7.10. The summed E-state index contributed by atoms with van der Waals surface area (Å²) in [4.78, 5) is 0. The molecule has 1 heterocycles. The van der Waals surface area contributed by atoms with Gasteiger partial charge in [-0.15, -0.1) is 34.0 Å². The van der Waals surface area contributed by atoms with Crippen molar-refractivity contribution >= 4 is 47.7 Å². The topological polar surface area (TPSA) is 0 Å². The minimum atomic E-state index is -4.36. The fraction of sp³-hybridized carbons (Fsp3) is 0.0690. The van der Waals surface area contributed by atoms with Gasteiger partial charge < -0.3 is 0 Å². The van der Waals surface area contributed by atoms with Crippen molar-refractivity contribution in [3.63, 3.8) is 0 Å². The SMILES string of the molecule is Cc1cc2c(-c3ccccc3)c(C(F)(F)F)ccc2[cH-]1.[Cl][Zr+2][Cl].[c-]1cccc2c1[Si]c1ccccc1-2. The summed E-state index contributed by atoms with van der Waals surface area (Å²) < 4.78 is 39.8. The fourth-order valence-corrected chi connectivity index (χ4v) is 5.62. The van der Waals surface area contributed by atoms with E-state index >= 15 is 0 Å². The molecule has 0 N–H and O–H groups in total. The minimum absolute atomic E-state index is 0.267. The van der Waals surface area contributed by atoms with E-state index in [1.807, 2.05) is 25.1 Å². The first-order valence-electron chi connectivity index (χ1n) is 11.0. The molecule has 0 amide bonds. The van der Waals surface area contributed by atoms with Crippen molar-refractivity contribution in [2.45, 2.75) is 13.1 Å². The molecule has 36 heavy (non-hydrogen) atoms. The molecule has 1 aliphatic heterocycles. The molecule has 0 unspecified atom stereocenters. The summed E-state index contributed by atoms with van der Waals surface area (Å²) in [5, 5.41) is 4.32. The number of alkyl halides is 3. The number of hydrogen-bond donors (Lipinski definition) is 0. The van der Waals surface area contributed by atoms with Crippen molar-refractivity contribution in [2.24, 2.45) is 0 Å². The summed E-state index contributed by atoms with van der Waals surface area (Å²) >= 11 is -0.826. The van der Waals surface area contributed by atoms with E-state index in [2.05, 4.69) is 42.5 Å². The molecule has 178 valence electrons. The average molecular weight is 615 g/mol. The summed E-state index contributed by atoms with van der Waals surface area (Å²) in [6.07, 6.45) is -4.36. The average Bonchev–Trinajstić information content (AvgIpc) is 3.44. The molecule has 0 saturated carbocycles. The summed E-state index contributed by atoms with van der Waals surface area (Å²) in [5.74, 6) is 0. The first-order valence-corrected chi connectivity index (χ1v) is 18.3. The van der Waals surface area contributed by atoms with E-state index in [0.717, 1.165) is 20.5 Å². The van der Waals surface area contributed by atoms with E-state index in [9.17, 15) is 13.2 Å². The van der Waals surface area contributed by atoms with Crippen molar-refractivity contribution in [1.29, 1.82) is 0 Å². The molecular weight excluding hydrogens is 596 g/mol. The Morgan fingerprint density at radius 2 is 1.53 bits per heavy atom. The standard InChI is InChI=1S/C17H12F3.C12H7Si.2ClH.Zr/c1-11-9-13-7-8-15(17(18,19)20)16(14(13)10-11)12-5-3-2-4-6-12;1-3-7-11-9(5-1)10-6-2-4-8-12(10)13-11;;;/h2-10H,1H3;1-7H;2*1H;/q2*-1;;;+4/p-2. The molecular formula is C29H19Cl2F3SiZr. The fourth-order valence-electron chi connectivity index (χ4n) is 4.31. The zero-order valence-electron chi connectivity index (χ0n) is 19.1. The Morgan fingerprint density at radius 3 is 2.25 bits per heavy atom. The van der Waals surface area contributed by atoms with Crippen LogP contribution < -0.4 is 10.4 Å². The van der Waals surface area contributed by atoms with Crippen molar-refractivity contribution in [1.82, 2.24) is 0 Å². The van der Waals surface area contributed by atoms with Crippen molar-refractivity contribution < 1.29 is 34.0 Å². The first-order chi connectivity index (χ1) is 17.3. The quantitative estimate of drug-likeness (QED) is 0.130. The number of rotatable bonds is 1. The van der Waals surface area contributed by atoms with Gasteiger partial charge in [-0.2, -0.15) is 48.7 Å². The van der Waals surface area contributed by atoms with E-state index in [4.69, 9.17) is 17.0 Å². The van der Waals surface area contributed by atoms with Gasteiger partial charge >= 0.3 is 44.1 Å². The van der Waals surface area contributed by atoms with Gasteiger partial charge in [0.25, 0.3) is 0 Å². The molecule has 0 aromatic heterocycles. The molecule has 0 atom stereocenters. The van der Waals surface area contributed by atoms with E-state index in [0.29, 0.717) is 10.9 Å². The van der Waals surface area contributed by atoms with Crippen LogP contribution in [0.4, 0.5) is 13.2 Å². The Hall–Kier alpha value is -2.04. The second-order valence-electron chi connectivity index (χ2n) is 8.09. The third kappa shape index (κ3) is 6.08. The van der Waals surface area contributed by atoms with Gasteiger partial charge in [0.15, 0.2) is 0 Å². The Labute approximate surface area is 229 Å². The largest absolute Gasteiger partial charge is 0.184 e. The Kier molecular flexibility index (Phi) is 9.00. The summed E-state index contributed by atoms with van der Waals surface area (Å²) in [5.41, 5.74) is 4.02. The molecule has 6 rings (SSSR count). The molecule has 5 aromatic rings. The van der Waals surface area contributed by atoms with Gasteiger partial charge in [-0.05, 0) is 5.56 Å². The summed E-state index contributed by atoms with van der Waals surface area (Å²) in [6.45, 7) is 1.89. The van der Waals surface area contributed by atoms with Crippen LogP contribution in [0.1, 0.15) is 11.1 Å². The van der Waals surface area contributed by atoms with Gasteiger partial charge in [-0.25, -0.2) is 0 Å². The van der Waals surface area contributed by atoms with Crippen molar-refractivity contribution in [2.75, 3.05) is 0 Å². The van der Waals surface area contributed by atoms with Crippen LogP contribution in [-0.2, 0) is 27.0 Å². The van der Waals surface area contributed by atoms with Crippen LogP contribution in [0.25, 0.3) is 33.0 Å². The van der Waals surface area contributed by atoms with E-state index in [1.54, 1.807) is 30.3 Å². The number of hydrogen-bond acceptors (Lipinski definition) is 0. The maximum Gasteiger partial charge on any atom is 0.0920 e. The van der Waals surface area contributed by atoms with Gasteiger partial charge in [-0.1, -0.05) is 83.9 Å². The number of aryl methyl sites for hydroxylation is 1.